The topological polar surface area (TPSA) is 88.5 Å². The lowest BCUT2D eigenvalue weighted by atomic mass is 9.94. The first kappa shape index (κ1) is 27.8. The number of benzene rings is 2. The Morgan fingerprint density at radius 2 is 1.84 bits per heavy atom. The zero-order valence-electron chi connectivity index (χ0n) is 22.2. The molecule has 0 spiro atoms. The monoisotopic (exact) mass is 508 g/mol. The summed E-state index contributed by atoms with van der Waals surface area (Å²) in [5.74, 6) is 0.0590. The van der Waals surface area contributed by atoms with Gasteiger partial charge in [0.2, 0.25) is 0 Å². The molecular formula is C29H36N2O6. The standard InChI is InChI=1S/C29H36N2O6/c1-7-15-36-22-11-10-21(17-19(22)3)27(32)25-26(31(14-13-30(4)5)29(34)28(25)33)20-9-12-23(37-16-8-2)24(18-20)35-6/h8-12,17-18,26,32H,2,7,13-16H2,1,3-6H3/b27-25+. The average molecular weight is 509 g/mol. The van der Waals surface area contributed by atoms with E-state index in [1.54, 1.807) is 42.5 Å². The Morgan fingerprint density at radius 3 is 2.46 bits per heavy atom. The smallest absolute Gasteiger partial charge is 0.295 e. The van der Waals surface area contributed by atoms with E-state index >= 15 is 0 Å². The number of aliphatic hydroxyl groups excluding tert-OH is 1. The molecule has 1 amide bonds. The maximum atomic E-state index is 13.3. The molecular weight excluding hydrogens is 472 g/mol. The summed E-state index contributed by atoms with van der Waals surface area (Å²) >= 11 is 0. The first-order valence-electron chi connectivity index (χ1n) is 12.3. The molecule has 1 aliphatic heterocycles. The molecule has 37 heavy (non-hydrogen) atoms. The van der Waals surface area contributed by atoms with E-state index < -0.39 is 17.7 Å². The highest BCUT2D eigenvalue weighted by molar-refractivity contribution is 6.46. The van der Waals surface area contributed by atoms with Crippen LogP contribution in [0.3, 0.4) is 0 Å². The number of hydrogen-bond donors (Lipinski definition) is 1. The summed E-state index contributed by atoms with van der Waals surface area (Å²) in [6.45, 7) is 9.30. The Kier molecular flexibility index (Phi) is 9.36. The number of carbonyl (C=O) groups excluding carboxylic acids is 2. The minimum Gasteiger partial charge on any atom is -0.507 e. The third kappa shape index (κ3) is 6.14. The highest BCUT2D eigenvalue weighted by Crippen LogP contribution is 2.42. The molecule has 0 saturated carbocycles. The minimum atomic E-state index is -0.793. The van der Waals surface area contributed by atoms with Gasteiger partial charge in [-0.05, 0) is 68.9 Å². The van der Waals surface area contributed by atoms with Gasteiger partial charge in [-0.25, -0.2) is 0 Å². The van der Waals surface area contributed by atoms with Gasteiger partial charge in [-0.15, -0.1) is 0 Å². The van der Waals surface area contributed by atoms with Gasteiger partial charge in [-0.1, -0.05) is 25.6 Å². The van der Waals surface area contributed by atoms with Crippen molar-refractivity contribution in [1.29, 1.82) is 0 Å². The van der Waals surface area contributed by atoms with Crippen molar-refractivity contribution in [2.45, 2.75) is 26.3 Å². The highest BCUT2D eigenvalue weighted by atomic mass is 16.5. The maximum Gasteiger partial charge on any atom is 0.295 e. The Hall–Kier alpha value is -3.78. The summed E-state index contributed by atoms with van der Waals surface area (Å²) in [6.07, 6.45) is 2.50. The third-order valence-corrected chi connectivity index (χ3v) is 6.10. The van der Waals surface area contributed by atoms with Gasteiger partial charge in [-0.3, -0.25) is 9.59 Å². The molecule has 2 aromatic carbocycles. The number of nitrogens with zero attached hydrogens (tertiary/aromatic N) is 2. The van der Waals surface area contributed by atoms with Gasteiger partial charge >= 0.3 is 0 Å². The summed E-state index contributed by atoms with van der Waals surface area (Å²) in [4.78, 5) is 29.9. The molecule has 2 aromatic rings. The molecule has 0 aliphatic carbocycles. The fraction of sp³-hybridized carbons (Fsp3) is 0.379. The predicted octanol–water partition coefficient (Wildman–Crippen LogP) is 4.34. The lowest BCUT2D eigenvalue weighted by Crippen LogP contribution is -2.35. The second kappa shape index (κ2) is 12.5. The molecule has 1 unspecified atom stereocenters. The molecule has 1 saturated heterocycles. The molecule has 8 nitrogen and oxygen atoms in total. The summed E-state index contributed by atoms with van der Waals surface area (Å²) in [5, 5.41) is 11.4. The largest absolute Gasteiger partial charge is 0.507 e. The lowest BCUT2D eigenvalue weighted by Gasteiger charge is -2.27. The number of methoxy groups -OCH3 is 1. The van der Waals surface area contributed by atoms with Crippen LogP contribution in [0, 0.1) is 6.92 Å². The number of ether oxygens (including phenoxy) is 3. The van der Waals surface area contributed by atoms with Crippen LogP contribution in [0.25, 0.3) is 5.76 Å². The van der Waals surface area contributed by atoms with Crippen molar-refractivity contribution in [2.75, 3.05) is 47.5 Å². The van der Waals surface area contributed by atoms with Gasteiger partial charge < -0.3 is 29.1 Å². The summed E-state index contributed by atoms with van der Waals surface area (Å²) in [7, 11) is 5.31. The number of Topliss-reactive ketones (excluding diaryl/α,β-unsaturated/α-hetero) is 1. The Labute approximate surface area is 218 Å². The highest BCUT2D eigenvalue weighted by Gasteiger charge is 2.46. The molecule has 1 fully saturated rings. The SMILES string of the molecule is C=CCOc1ccc(C2/C(=C(\O)c3ccc(OCCC)c(C)c3)C(=O)C(=O)N2CCN(C)C)cc1OC. The number of hydrogen-bond acceptors (Lipinski definition) is 7. The molecule has 0 aromatic heterocycles. The number of ketones is 1. The van der Waals surface area contributed by atoms with Crippen LogP contribution in [0.4, 0.5) is 0 Å². The van der Waals surface area contributed by atoms with Gasteiger partial charge in [0, 0.05) is 18.7 Å². The molecule has 0 bridgehead atoms. The lowest BCUT2D eigenvalue weighted by molar-refractivity contribution is -0.140. The van der Waals surface area contributed by atoms with Crippen molar-refractivity contribution in [3.63, 3.8) is 0 Å². The summed E-state index contributed by atoms with van der Waals surface area (Å²) < 4.78 is 16.9. The molecule has 1 N–H and O–H groups in total. The fourth-order valence-corrected chi connectivity index (χ4v) is 4.21. The van der Waals surface area contributed by atoms with E-state index in [4.69, 9.17) is 14.2 Å². The van der Waals surface area contributed by atoms with E-state index in [-0.39, 0.29) is 11.3 Å². The van der Waals surface area contributed by atoms with Gasteiger partial charge in [0.25, 0.3) is 11.7 Å². The van der Waals surface area contributed by atoms with E-state index in [9.17, 15) is 14.7 Å². The summed E-state index contributed by atoms with van der Waals surface area (Å²) in [6, 6.07) is 9.68. The van der Waals surface area contributed by atoms with Crippen molar-refractivity contribution in [1.82, 2.24) is 9.80 Å². The van der Waals surface area contributed by atoms with Crippen LogP contribution in [0.5, 0.6) is 17.2 Å². The van der Waals surface area contributed by atoms with Crippen LogP contribution in [0.15, 0.2) is 54.6 Å². The molecule has 198 valence electrons. The Morgan fingerprint density at radius 1 is 1.11 bits per heavy atom. The molecule has 1 heterocycles. The quantitative estimate of drug-likeness (QED) is 0.197. The van der Waals surface area contributed by atoms with Crippen LogP contribution < -0.4 is 14.2 Å². The van der Waals surface area contributed by atoms with Crippen molar-refractivity contribution < 1.29 is 28.9 Å². The number of aliphatic hydroxyl groups is 1. The van der Waals surface area contributed by atoms with Crippen LogP contribution in [0.1, 0.15) is 36.1 Å². The van der Waals surface area contributed by atoms with Crippen LogP contribution in [-0.2, 0) is 9.59 Å². The number of rotatable bonds is 12. The second-order valence-electron chi connectivity index (χ2n) is 9.13. The molecule has 1 aliphatic rings. The Balaban J connectivity index is 2.13. The Bertz CT molecular complexity index is 1190. The molecule has 1 atom stereocenters. The van der Waals surface area contributed by atoms with Gasteiger partial charge in [0.15, 0.2) is 11.5 Å². The fourth-order valence-electron chi connectivity index (χ4n) is 4.21. The van der Waals surface area contributed by atoms with Gasteiger partial charge in [-0.2, -0.15) is 0 Å². The average Bonchev–Trinajstić information content (AvgIpc) is 3.14. The number of likely N-dealkylation sites (tertiary alicyclic amines) is 1. The maximum absolute atomic E-state index is 13.3. The zero-order valence-corrected chi connectivity index (χ0v) is 22.2. The predicted molar refractivity (Wildman–Crippen MR) is 143 cm³/mol. The van der Waals surface area contributed by atoms with Crippen molar-refractivity contribution in [2.24, 2.45) is 0 Å². The first-order chi connectivity index (χ1) is 17.7. The van der Waals surface area contributed by atoms with Gasteiger partial charge in [0.05, 0.1) is 25.3 Å². The molecule has 8 heteroatoms. The first-order valence-corrected chi connectivity index (χ1v) is 12.3. The van der Waals surface area contributed by atoms with Crippen LogP contribution in [0.2, 0.25) is 0 Å². The normalized spacial score (nSPS) is 16.8. The van der Waals surface area contributed by atoms with E-state index in [0.717, 1.165) is 12.0 Å². The minimum absolute atomic E-state index is 0.0344. The van der Waals surface area contributed by atoms with Crippen LogP contribution >= 0.6 is 0 Å². The van der Waals surface area contributed by atoms with E-state index in [1.165, 1.54) is 12.0 Å². The van der Waals surface area contributed by atoms with Gasteiger partial charge in [0.1, 0.15) is 18.1 Å². The third-order valence-electron chi connectivity index (χ3n) is 6.10. The van der Waals surface area contributed by atoms with Crippen molar-refractivity contribution >= 4 is 17.4 Å². The number of amides is 1. The van der Waals surface area contributed by atoms with E-state index in [2.05, 4.69) is 6.58 Å². The second-order valence-corrected chi connectivity index (χ2v) is 9.13. The molecule has 0 radical (unpaired) electrons. The van der Waals surface area contributed by atoms with E-state index in [0.29, 0.717) is 54.7 Å². The van der Waals surface area contributed by atoms with E-state index in [1.807, 2.05) is 32.8 Å². The molecule has 3 rings (SSSR count). The number of likely N-dealkylation sites (N-methyl/N-ethyl adjacent to an activating group) is 1. The number of carbonyl (C=O) groups is 2. The van der Waals surface area contributed by atoms with Crippen molar-refractivity contribution in [3.05, 3.63) is 71.3 Å². The van der Waals surface area contributed by atoms with Crippen LogP contribution in [-0.4, -0.2) is 74.1 Å². The van der Waals surface area contributed by atoms with Crippen molar-refractivity contribution in [3.8, 4) is 17.2 Å². The summed E-state index contributed by atoms with van der Waals surface area (Å²) in [5.41, 5.74) is 1.92. The number of aryl methyl sites for hydroxylation is 1. The zero-order chi connectivity index (χ0) is 27.1.